The quantitative estimate of drug-likeness (QED) is 0.423. The number of ether oxygens (including phenoxy) is 3. The van der Waals surface area contributed by atoms with Crippen molar-refractivity contribution in [2.45, 2.75) is 6.42 Å². The Morgan fingerprint density at radius 2 is 1.71 bits per heavy atom. The number of carbonyl (C=O) groups excluding carboxylic acids is 2. The third-order valence-electron chi connectivity index (χ3n) is 5.53. The fraction of sp³-hybridized carbons (Fsp3) is 0.400. The molecule has 1 aromatic rings. The molecule has 2 amide bonds. The number of amides is 2. The predicted octanol–water partition coefficient (Wildman–Crippen LogP) is 1.75. The maximum Gasteiger partial charge on any atom is 0.254 e. The number of nitrogens with zero attached hydrogens (tertiary/aromatic N) is 3. The molecule has 3 aliphatic rings. The zero-order chi connectivity index (χ0) is 19.8. The van der Waals surface area contributed by atoms with Gasteiger partial charge in [-0.05, 0) is 30.4 Å². The number of methoxy groups -OCH3 is 2. The Bertz CT molecular complexity index is 877. The normalized spacial score (nSPS) is 27.4. The molecular formula is C20H19N3O5. The van der Waals surface area contributed by atoms with Gasteiger partial charge in [0.15, 0.2) is 18.1 Å². The highest BCUT2D eigenvalue weighted by molar-refractivity contribution is 6.06. The van der Waals surface area contributed by atoms with E-state index in [1.54, 1.807) is 12.1 Å². The molecule has 2 aliphatic carbocycles. The van der Waals surface area contributed by atoms with Gasteiger partial charge in [0, 0.05) is 5.56 Å². The fourth-order valence-corrected chi connectivity index (χ4v) is 4.35. The van der Waals surface area contributed by atoms with Gasteiger partial charge in [-0.2, -0.15) is 15.4 Å². The number of carbonyl (C=O) groups is 2. The summed E-state index contributed by atoms with van der Waals surface area (Å²) < 4.78 is 16.0. The highest BCUT2D eigenvalue weighted by atomic mass is 16.5. The molecule has 1 aliphatic heterocycles. The molecule has 8 heteroatoms. The largest absolute Gasteiger partial charge is 0.493 e. The molecule has 4 atom stereocenters. The van der Waals surface area contributed by atoms with Crippen LogP contribution in [0.25, 0.3) is 0 Å². The lowest BCUT2D eigenvalue weighted by Gasteiger charge is -2.14. The monoisotopic (exact) mass is 381 g/mol. The Labute approximate surface area is 162 Å². The van der Waals surface area contributed by atoms with Crippen LogP contribution in [0.2, 0.25) is 0 Å². The van der Waals surface area contributed by atoms with Crippen LogP contribution in [0.15, 0.2) is 29.4 Å². The van der Waals surface area contributed by atoms with Gasteiger partial charge in [0.25, 0.3) is 11.8 Å². The molecule has 2 fully saturated rings. The van der Waals surface area contributed by atoms with E-state index >= 15 is 0 Å². The molecule has 1 saturated heterocycles. The number of imide groups is 1. The van der Waals surface area contributed by atoms with Crippen molar-refractivity contribution in [3.8, 4) is 23.3 Å². The van der Waals surface area contributed by atoms with Crippen LogP contribution >= 0.6 is 0 Å². The van der Waals surface area contributed by atoms with E-state index < -0.39 is 0 Å². The molecule has 0 unspecified atom stereocenters. The van der Waals surface area contributed by atoms with Crippen LogP contribution in [0.4, 0.5) is 0 Å². The number of hydrogen-bond acceptors (Lipinski definition) is 7. The van der Waals surface area contributed by atoms with Crippen LogP contribution in [0, 0.1) is 35.0 Å². The second-order valence-corrected chi connectivity index (χ2v) is 6.93. The Kier molecular flexibility index (Phi) is 4.51. The van der Waals surface area contributed by atoms with Crippen molar-refractivity contribution >= 4 is 18.0 Å². The molecule has 1 saturated carbocycles. The number of fused-ring (bicyclic) bond motifs is 5. The summed E-state index contributed by atoms with van der Waals surface area (Å²) in [6.07, 6.45) is 6.38. The van der Waals surface area contributed by atoms with Crippen molar-refractivity contribution in [2.75, 3.05) is 20.8 Å². The maximum absolute atomic E-state index is 12.7. The minimum absolute atomic E-state index is 0.142. The van der Waals surface area contributed by atoms with Gasteiger partial charge in [-0.3, -0.25) is 9.59 Å². The van der Waals surface area contributed by atoms with Crippen LogP contribution in [0.1, 0.15) is 12.0 Å². The van der Waals surface area contributed by atoms with Gasteiger partial charge in [0.1, 0.15) is 6.07 Å². The third-order valence-corrected chi connectivity index (χ3v) is 5.53. The average Bonchev–Trinajstić information content (AvgIpc) is 3.39. The van der Waals surface area contributed by atoms with Crippen molar-refractivity contribution in [3.05, 3.63) is 29.8 Å². The standard InChI is InChI=1S/C20H19N3O5/c1-26-14-7-11(8-15(27-2)18(14)28-6-5-21)10-22-23-19(24)16-12-3-4-13(9-12)17(16)20(23)25/h3-4,7-8,10,12-13,16-17H,6,9H2,1-2H3/t12-,13-,16-,17+/m0/s1. The van der Waals surface area contributed by atoms with Crippen molar-refractivity contribution in [2.24, 2.45) is 28.8 Å². The van der Waals surface area contributed by atoms with E-state index in [4.69, 9.17) is 19.5 Å². The zero-order valence-electron chi connectivity index (χ0n) is 15.5. The number of benzene rings is 1. The Morgan fingerprint density at radius 3 is 2.21 bits per heavy atom. The van der Waals surface area contributed by atoms with E-state index in [-0.39, 0.29) is 42.1 Å². The van der Waals surface area contributed by atoms with Crippen LogP contribution in [-0.2, 0) is 9.59 Å². The molecule has 0 aromatic heterocycles. The average molecular weight is 381 g/mol. The Balaban J connectivity index is 1.59. The number of nitriles is 1. The Hall–Kier alpha value is -3.34. The highest BCUT2D eigenvalue weighted by Gasteiger charge is 2.59. The van der Waals surface area contributed by atoms with E-state index in [0.29, 0.717) is 22.8 Å². The number of hydrazone groups is 1. The lowest BCUT2D eigenvalue weighted by molar-refractivity contribution is -0.140. The summed E-state index contributed by atoms with van der Waals surface area (Å²) in [7, 11) is 2.93. The summed E-state index contributed by atoms with van der Waals surface area (Å²) in [6.45, 7) is -0.157. The van der Waals surface area contributed by atoms with E-state index in [9.17, 15) is 9.59 Å². The van der Waals surface area contributed by atoms with Gasteiger partial charge in [-0.15, -0.1) is 0 Å². The molecule has 0 N–H and O–H groups in total. The Morgan fingerprint density at radius 1 is 1.14 bits per heavy atom. The molecule has 8 nitrogen and oxygen atoms in total. The predicted molar refractivity (Wildman–Crippen MR) is 97.8 cm³/mol. The topological polar surface area (TPSA) is 101 Å². The van der Waals surface area contributed by atoms with E-state index in [2.05, 4.69) is 5.10 Å². The van der Waals surface area contributed by atoms with Gasteiger partial charge >= 0.3 is 0 Å². The van der Waals surface area contributed by atoms with Gasteiger partial charge in [0.2, 0.25) is 5.75 Å². The first-order chi connectivity index (χ1) is 13.6. The minimum atomic E-state index is -0.287. The second-order valence-electron chi connectivity index (χ2n) is 6.93. The van der Waals surface area contributed by atoms with Crippen molar-refractivity contribution < 1.29 is 23.8 Å². The SMILES string of the molecule is COc1cc(C=NN2C(=O)[C@@H]3[C@H](C2=O)[C@H]2C=C[C@H]3C2)cc(OC)c1OCC#N. The van der Waals surface area contributed by atoms with Gasteiger partial charge in [0.05, 0.1) is 32.3 Å². The first-order valence-corrected chi connectivity index (χ1v) is 8.95. The van der Waals surface area contributed by atoms with Crippen LogP contribution < -0.4 is 14.2 Å². The third kappa shape index (κ3) is 2.71. The van der Waals surface area contributed by atoms with Gasteiger partial charge in [-0.25, -0.2) is 0 Å². The molecule has 0 radical (unpaired) electrons. The van der Waals surface area contributed by atoms with E-state index in [1.807, 2.05) is 18.2 Å². The lowest BCUT2D eigenvalue weighted by Crippen LogP contribution is -2.28. The van der Waals surface area contributed by atoms with Crippen molar-refractivity contribution in [1.29, 1.82) is 5.26 Å². The van der Waals surface area contributed by atoms with E-state index in [0.717, 1.165) is 11.4 Å². The van der Waals surface area contributed by atoms with E-state index in [1.165, 1.54) is 20.4 Å². The first-order valence-electron chi connectivity index (χ1n) is 8.95. The molecule has 4 rings (SSSR count). The summed E-state index contributed by atoms with van der Waals surface area (Å²) >= 11 is 0. The maximum atomic E-state index is 12.7. The van der Waals surface area contributed by atoms with Gasteiger partial charge in [-0.1, -0.05) is 12.2 Å². The molecule has 1 heterocycles. The summed E-state index contributed by atoms with van der Waals surface area (Å²) in [4.78, 5) is 25.4. The van der Waals surface area contributed by atoms with Gasteiger partial charge < -0.3 is 14.2 Å². The molecule has 144 valence electrons. The highest BCUT2D eigenvalue weighted by Crippen LogP contribution is 2.52. The molecule has 28 heavy (non-hydrogen) atoms. The molecule has 1 aromatic carbocycles. The number of rotatable bonds is 6. The minimum Gasteiger partial charge on any atom is -0.493 e. The molecule has 2 bridgehead atoms. The summed E-state index contributed by atoms with van der Waals surface area (Å²) in [6, 6.07) is 5.16. The summed E-state index contributed by atoms with van der Waals surface area (Å²) in [5.74, 6) is 0.243. The number of allylic oxidation sites excluding steroid dienone is 2. The second kappa shape index (κ2) is 7.00. The summed E-state index contributed by atoms with van der Waals surface area (Å²) in [5, 5.41) is 13.9. The van der Waals surface area contributed by atoms with Crippen LogP contribution in [0.5, 0.6) is 17.2 Å². The smallest absolute Gasteiger partial charge is 0.254 e. The van der Waals surface area contributed by atoms with Crippen molar-refractivity contribution in [1.82, 2.24) is 5.01 Å². The summed E-state index contributed by atoms with van der Waals surface area (Å²) in [5.41, 5.74) is 0.566. The zero-order valence-corrected chi connectivity index (χ0v) is 15.5. The first kappa shape index (κ1) is 18.0. The lowest BCUT2D eigenvalue weighted by atomic mass is 9.85. The van der Waals surface area contributed by atoms with Crippen molar-refractivity contribution in [3.63, 3.8) is 0 Å². The molecular weight excluding hydrogens is 362 g/mol. The van der Waals surface area contributed by atoms with Crippen LogP contribution in [-0.4, -0.2) is 43.9 Å². The van der Waals surface area contributed by atoms with Crippen LogP contribution in [0.3, 0.4) is 0 Å². The number of hydrogen-bond donors (Lipinski definition) is 0. The molecule has 0 spiro atoms. The fourth-order valence-electron chi connectivity index (χ4n) is 4.35.